The van der Waals surface area contributed by atoms with Crippen molar-refractivity contribution in [2.24, 2.45) is 11.8 Å². The summed E-state index contributed by atoms with van der Waals surface area (Å²) in [6, 6.07) is 1.87. The SMILES string of the molecule is O=C(NC(C1CC1)C(F)(F)F)c1cn(-c2ncc(F)cc2Cl)c2nc(N3CC4CC4(O)C3)ccc2c1=O. The Morgan fingerprint density at radius 3 is 2.68 bits per heavy atom. The minimum atomic E-state index is -4.68. The molecule has 2 aliphatic carbocycles. The average molecular weight is 538 g/mol. The van der Waals surface area contributed by atoms with Gasteiger partial charge in [-0.15, -0.1) is 0 Å². The molecule has 4 heterocycles. The van der Waals surface area contributed by atoms with E-state index in [4.69, 9.17) is 11.6 Å². The summed E-state index contributed by atoms with van der Waals surface area (Å²) in [6.45, 7) is 0.922. The van der Waals surface area contributed by atoms with E-state index in [-0.39, 0.29) is 27.8 Å². The number of carbonyl (C=O) groups is 1. The number of fused-ring (bicyclic) bond motifs is 2. The molecule has 194 valence electrons. The Morgan fingerprint density at radius 1 is 1.30 bits per heavy atom. The van der Waals surface area contributed by atoms with Crippen LogP contribution in [0.15, 0.2) is 35.4 Å². The molecule has 6 rings (SSSR count). The second-order valence-electron chi connectivity index (χ2n) is 9.96. The molecule has 2 N–H and O–H groups in total. The molecule has 1 saturated heterocycles. The highest BCUT2D eigenvalue weighted by atomic mass is 35.5. The first-order valence-corrected chi connectivity index (χ1v) is 12.1. The lowest BCUT2D eigenvalue weighted by molar-refractivity contribution is -0.158. The Labute approximate surface area is 211 Å². The van der Waals surface area contributed by atoms with E-state index in [0.717, 1.165) is 18.5 Å². The first-order chi connectivity index (χ1) is 17.4. The summed E-state index contributed by atoms with van der Waals surface area (Å²) in [4.78, 5) is 36.7. The van der Waals surface area contributed by atoms with E-state index in [2.05, 4.69) is 9.97 Å². The Kier molecular flexibility index (Phi) is 5.29. The van der Waals surface area contributed by atoms with Crippen LogP contribution in [0.25, 0.3) is 16.9 Å². The van der Waals surface area contributed by atoms with Gasteiger partial charge in [0.2, 0.25) is 5.43 Å². The van der Waals surface area contributed by atoms with Gasteiger partial charge in [0.15, 0.2) is 11.5 Å². The van der Waals surface area contributed by atoms with E-state index in [1.165, 1.54) is 10.6 Å². The number of nitrogens with zero attached hydrogens (tertiary/aromatic N) is 4. The van der Waals surface area contributed by atoms with E-state index in [9.17, 15) is 32.3 Å². The standard InChI is InChI=1S/C24H20ClF4N5O3/c25-16-5-13(26)7-30-21(16)34-9-15(22(36)32-19(11-1-2-11)24(27,28)29)18(35)14-3-4-17(31-20(14)34)33-8-12-6-23(12,37)10-33/h3-5,7,9,11-12,19,37H,1-2,6,8,10H2,(H,32,36). The van der Waals surface area contributed by atoms with Crippen LogP contribution in [0.2, 0.25) is 5.02 Å². The monoisotopic (exact) mass is 537 g/mol. The number of nitrogens with one attached hydrogen (secondary N) is 1. The highest BCUT2D eigenvalue weighted by Gasteiger charge is 2.59. The molecule has 0 aromatic carbocycles. The van der Waals surface area contributed by atoms with Crippen LogP contribution in [-0.2, 0) is 0 Å². The zero-order valence-corrected chi connectivity index (χ0v) is 19.9. The van der Waals surface area contributed by atoms with Crippen LogP contribution in [0.1, 0.15) is 29.6 Å². The van der Waals surface area contributed by atoms with Crippen molar-refractivity contribution in [1.29, 1.82) is 0 Å². The molecule has 2 saturated carbocycles. The second-order valence-corrected chi connectivity index (χ2v) is 10.4. The summed E-state index contributed by atoms with van der Waals surface area (Å²) in [5, 5.41) is 12.2. The molecule has 8 nitrogen and oxygen atoms in total. The molecular weight excluding hydrogens is 518 g/mol. The molecule has 3 unspecified atom stereocenters. The minimum absolute atomic E-state index is 0.0298. The summed E-state index contributed by atoms with van der Waals surface area (Å²) < 4.78 is 55.5. The van der Waals surface area contributed by atoms with Crippen molar-refractivity contribution in [1.82, 2.24) is 19.9 Å². The Hall–Kier alpha value is -3.25. The molecule has 0 radical (unpaired) electrons. The van der Waals surface area contributed by atoms with Crippen molar-refractivity contribution in [3.63, 3.8) is 0 Å². The van der Waals surface area contributed by atoms with Gasteiger partial charge < -0.3 is 15.3 Å². The van der Waals surface area contributed by atoms with Gasteiger partial charge in [0.1, 0.15) is 23.2 Å². The number of pyridine rings is 3. The fourth-order valence-electron chi connectivity index (χ4n) is 5.02. The number of amides is 1. The lowest BCUT2D eigenvalue weighted by atomic mass is 10.1. The Balaban J connectivity index is 1.47. The predicted molar refractivity (Wildman–Crippen MR) is 125 cm³/mol. The lowest BCUT2D eigenvalue weighted by Crippen LogP contribution is -2.48. The van der Waals surface area contributed by atoms with Crippen LogP contribution in [-0.4, -0.2) is 56.5 Å². The molecule has 3 fully saturated rings. The summed E-state index contributed by atoms with van der Waals surface area (Å²) >= 11 is 6.22. The third-order valence-corrected chi connectivity index (χ3v) is 7.54. The summed E-state index contributed by atoms with van der Waals surface area (Å²) in [5.74, 6) is -2.16. The van der Waals surface area contributed by atoms with Crippen LogP contribution in [0.3, 0.4) is 0 Å². The quantitative estimate of drug-likeness (QED) is 0.485. The van der Waals surface area contributed by atoms with Gasteiger partial charge in [0.25, 0.3) is 5.91 Å². The van der Waals surface area contributed by atoms with Crippen molar-refractivity contribution >= 4 is 34.4 Å². The van der Waals surface area contributed by atoms with E-state index >= 15 is 0 Å². The number of carbonyl (C=O) groups excluding carboxylic acids is 1. The summed E-state index contributed by atoms with van der Waals surface area (Å²) in [6.07, 6.45) is -1.43. The number of aromatic nitrogens is 3. The number of hydrogen-bond acceptors (Lipinski definition) is 6. The van der Waals surface area contributed by atoms with Crippen molar-refractivity contribution < 1.29 is 27.5 Å². The fraction of sp³-hybridized carbons (Fsp3) is 0.417. The van der Waals surface area contributed by atoms with Crippen molar-refractivity contribution in [3.05, 3.63) is 57.2 Å². The van der Waals surface area contributed by atoms with Crippen LogP contribution in [0.5, 0.6) is 0 Å². The third-order valence-electron chi connectivity index (χ3n) is 7.26. The van der Waals surface area contributed by atoms with Gasteiger partial charge in [-0.3, -0.25) is 14.2 Å². The molecule has 3 aromatic heterocycles. The number of alkyl halides is 3. The van der Waals surface area contributed by atoms with Gasteiger partial charge >= 0.3 is 6.18 Å². The van der Waals surface area contributed by atoms with Crippen molar-refractivity contribution in [3.8, 4) is 5.82 Å². The highest BCUT2D eigenvalue weighted by Crippen LogP contribution is 2.50. The molecule has 0 spiro atoms. The van der Waals surface area contributed by atoms with E-state index in [0.29, 0.717) is 38.2 Å². The van der Waals surface area contributed by atoms with Crippen LogP contribution in [0.4, 0.5) is 23.4 Å². The number of hydrogen-bond donors (Lipinski definition) is 2. The number of anilines is 1. The van der Waals surface area contributed by atoms with Crippen LogP contribution < -0.4 is 15.6 Å². The van der Waals surface area contributed by atoms with Crippen LogP contribution in [0, 0.1) is 17.7 Å². The Morgan fingerprint density at radius 2 is 2.05 bits per heavy atom. The number of aliphatic hydroxyl groups is 1. The fourth-order valence-corrected chi connectivity index (χ4v) is 5.27. The second kappa shape index (κ2) is 8.12. The third kappa shape index (κ3) is 4.21. The first kappa shape index (κ1) is 24.1. The van der Waals surface area contributed by atoms with Gasteiger partial charge in [0, 0.05) is 25.2 Å². The summed E-state index contributed by atoms with van der Waals surface area (Å²) in [5.41, 5.74) is -2.12. The van der Waals surface area contributed by atoms with Crippen molar-refractivity contribution in [2.75, 3.05) is 18.0 Å². The zero-order chi connectivity index (χ0) is 26.3. The molecule has 1 amide bonds. The number of halogens is 5. The van der Waals surface area contributed by atoms with E-state index in [1.807, 2.05) is 10.2 Å². The van der Waals surface area contributed by atoms with Crippen molar-refractivity contribution in [2.45, 2.75) is 37.1 Å². The van der Waals surface area contributed by atoms with Crippen LogP contribution >= 0.6 is 11.6 Å². The predicted octanol–water partition coefficient (Wildman–Crippen LogP) is 3.21. The van der Waals surface area contributed by atoms with Gasteiger partial charge in [-0.05, 0) is 43.4 Å². The number of β-amino-alcohol motifs (C(OH)–C–C–N with tert-alkyl or cyclic N) is 1. The first-order valence-electron chi connectivity index (χ1n) is 11.7. The van der Waals surface area contributed by atoms with Gasteiger partial charge in [0.05, 0.1) is 22.2 Å². The van der Waals surface area contributed by atoms with E-state index < -0.39 is 46.5 Å². The maximum Gasteiger partial charge on any atom is 0.408 e. The molecular formula is C24H20ClF4N5O3. The number of piperidine rings is 1. The molecule has 37 heavy (non-hydrogen) atoms. The smallest absolute Gasteiger partial charge is 0.388 e. The molecule has 1 aliphatic heterocycles. The molecule has 3 atom stereocenters. The van der Waals surface area contributed by atoms with Gasteiger partial charge in [-0.1, -0.05) is 11.6 Å². The summed E-state index contributed by atoms with van der Waals surface area (Å²) in [7, 11) is 0. The normalized spacial score (nSPS) is 23.7. The maximum absolute atomic E-state index is 13.7. The molecule has 3 aliphatic rings. The lowest BCUT2D eigenvalue weighted by Gasteiger charge is -2.22. The van der Waals surface area contributed by atoms with E-state index in [1.54, 1.807) is 6.07 Å². The van der Waals surface area contributed by atoms with Gasteiger partial charge in [-0.2, -0.15) is 13.2 Å². The number of rotatable bonds is 5. The maximum atomic E-state index is 13.7. The topological polar surface area (TPSA) is 100 Å². The molecule has 0 bridgehead atoms. The van der Waals surface area contributed by atoms with Gasteiger partial charge in [-0.25, -0.2) is 14.4 Å². The molecule has 13 heteroatoms. The Bertz CT molecular complexity index is 1510. The highest BCUT2D eigenvalue weighted by molar-refractivity contribution is 6.32. The zero-order valence-electron chi connectivity index (χ0n) is 19.1. The molecule has 3 aromatic rings. The largest absolute Gasteiger partial charge is 0.408 e. The minimum Gasteiger partial charge on any atom is -0.388 e. The average Bonchev–Trinajstić information content (AvgIpc) is 3.74.